The van der Waals surface area contributed by atoms with Crippen molar-refractivity contribution in [3.63, 3.8) is 0 Å². The lowest BCUT2D eigenvalue weighted by Crippen LogP contribution is -2.41. The van der Waals surface area contributed by atoms with E-state index in [1.807, 2.05) is 0 Å². The molecule has 1 atom stereocenters. The third-order valence-corrected chi connectivity index (χ3v) is 2.66. The van der Waals surface area contributed by atoms with Gasteiger partial charge < -0.3 is 20.5 Å². The molecule has 1 unspecified atom stereocenters. The number of nitrogens with zero attached hydrogens (tertiary/aromatic N) is 1. The van der Waals surface area contributed by atoms with E-state index >= 15 is 0 Å². The Bertz CT molecular complexity index is 412. The maximum Gasteiger partial charge on any atom is 0.322 e. The first-order chi connectivity index (χ1) is 7.95. The third-order valence-electron chi connectivity index (χ3n) is 2.35. The van der Waals surface area contributed by atoms with E-state index < -0.39 is 12.0 Å². The van der Waals surface area contributed by atoms with Crippen LogP contribution in [0.15, 0.2) is 18.2 Å². The lowest BCUT2D eigenvalue weighted by molar-refractivity contribution is -0.138. The molecule has 3 N–H and O–H groups in total. The van der Waals surface area contributed by atoms with Crippen LogP contribution in [0.1, 0.15) is 0 Å². The molecule has 6 heteroatoms. The Morgan fingerprint density at radius 2 is 2.29 bits per heavy atom. The molecule has 0 aliphatic heterocycles. The third kappa shape index (κ3) is 3.51. The molecule has 17 heavy (non-hydrogen) atoms. The maximum atomic E-state index is 10.6. The van der Waals surface area contributed by atoms with E-state index in [4.69, 9.17) is 27.2 Å². The van der Waals surface area contributed by atoms with Gasteiger partial charge in [-0.2, -0.15) is 0 Å². The molecule has 0 spiro atoms. The lowest BCUT2D eigenvalue weighted by Gasteiger charge is -2.22. The fraction of sp³-hybridized carbons (Fsp3) is 0.364. The van der Waals surface area contributed by atoms with Crippen molar-refractivity contribution in [1.82, 2.24) is 0 Å². The van der Waals surface area contributed by atoms with Crippen molar-refractivity contribution in [2.45, 2.75) is 6.04 Å². The number of nitrogens with two attached hydrogens (primary N) is 1. The van der Waals surface area contributed by atoms with Gasteiger partial charge in [-0.25, -0.2) is 0 Å². The summed E-state index contributed by atoms with van der Waals surface area (Å²) in [7, 11) is 3.28. The van der Waals surface area contributed by atoms with E-state index in [1.54, 1.807) is 37.3 Å². The van der Waals surface area contributed by atoms with Crippen LogP contribution in [0.3, 0.4) is 0 Å². The Hall–Kier alpha value is -1.46. The van der Waals surface area contributed by atoms with E-state index in [0.717, 1.165) is 0 Å². The van der Waals surface area contributed by atoms with Crippen molar-refractivity contribution in [3.8, 4) is 5.75 Å². The normalized spacial score (nSPS) is 12.0. The molecule has 0 bridgehead atoms. The van der Waals surface area contributed by atoms with Crippen LogP contribution in [0, 0.1) is 0 Å². The van der Waals surface area contributed by atoms with Gasteiger partial charge in [0.05, 0.1) is 17.8 Å². The molecule has 1 aromatic rings. The minimum Gasteiger partial charge on any atom is -0.497 e. The minimum atomic E-state index is -1.04. The van der Waals surface area contributed by atoms with Crippen LogP contribution in [0.25, 0.3) is 0 Å². The zero-order valence-electron chi connectivity index (χ0n) is 9.68. The van der Waals surface area contributed by atoms with Crippen LogP contribution in [0.5, 0.6) is 5.75 Å². The maximum absolute atomic E-state index is 10.6. The van der Waals surface area contributed by atoms with E-state index in [1.165, 1.54) is 0 Å². The fourth-order valence-electron chi connectivity index (χ4n) is 1.40. The molecule has 0 aromatic heterocycles. The van der Waals surface area contributed by atoms with Crippen molar-refractivity contribution >= 4 is 23.3 Å². The smallest absolute Gasteiger partial charge is 0.322 e. The summed E-state index contributed by atoms with van der Waals surface area (Å²) in [5, 5.41) is 9.21. The summed E-state index contributed by atoms with van der Waals surface area (Å²) in [6, 6.07) is 4.23. The highest BCUT2D eigenvalue weighted by Crippen LogP contribution is 2.28. The van der Waals surface area contributed by atoms with Gasteiger partial charge in [-0.15, -0.1) is 0 Å². The highest BCUT2D eigenvalue weighted by Gasteiger charge is 2.16. The fourth-order valence-corrected chi connectivity index (χ4v) is 1.71. The molecule has 0 aliphatic carbocycles. The first-order valence-corrected chi connectivity index (χ1v) is 5.36. The van der Waals surface area contributed by atoms with Crippen molar-refractivity contribution in [2.24, 2.45) is 5.73 Å². The number of halogens is 1. The first-order valence-electron chi connectivity index (χ1n) is 4.98. The summed E-state index contributed by atoms with van der Waals surface area (Å²) < 4.78 is 5.03. The van der Waals surface area contributed by atoms with Crippen molar-refractivity contribution in [3.05, 3.63) is 23.2 Å². The number of aliphatic carboxylic acids is 1. The number of hydrogen-bond donors (Lipinski definition) is 2. The summed E-state index contributed by atoms with van der Waals surface area (Å²) in [5.74, 6) is -0.392. The van der Waals surface area contributed by atoms with Gasteiger partial charge in [-0.3, -0.25) is 4.79 Å². The van der Waals surface area contributed by atoms with Gasteiger partial charge >= 0.3 is 5.97 Å². The van der Waals surface area contributed by atoms with Crippen LogP contribution in [0.2, 0.25) is 5.02 Å². The second-order valence-corrected chi connectivity index (χ2v) is 4.05. The standard InChI is InChI=1S/C11H15ClN2O3/c1-14(6-9(13)11(15)16)10-4-3-7(17-2)5-8(10)12/h3-5,9H,6,13H2,1-2H3,(H,15,16). The highest BCUT2D eigenvalue weighted by atomic mass is 35.5. The molecule has 0 saturated heterocycles. The van der Waals surface area contributed by atoms with Gasteiger partial charge in [0.1, 0.15) is 11.8 Å². The van der Waals surface area contributed by atoms with Gasteiger partial charge in [-0.05, 0) is 12.1 Å². The number of ether oxygens (including phenoxy) is 1. The summed E-state index contributed by atoms with van der Waals surface area (Å²) in [5.41, 5.74) is 6.16. The molecule has 5 nitrogen and oxygen atoms in total. The Kier molecular flexibility index (Phi) is 4.60. The largest absolute Gasteiger partial charge is 0.497 e. The summed E-state index contributed by atoms with van der Waals surface area (Å²) in [4.78, 5) is 12.3. The Morgan fingerprint density at radius 3 is 2.76 bits per heavy atom. The van der Waals surface area contributed by atoms with Crippen LogP contribution in [-0.4, -0.2) is 37.8 Å². The van der Waals surface area contributed by atoms with Crippen molar-refractivity contribution in [2.75, 3.05) is 25.6 Å². The Labute approximate surface area is 105 Å². The predicted octanol–water partition coefficient (Wildman–Crippen LogP) is 1.20. The second kappa shape index (κ2) is 5.75. The molecule has 1 aromatic carbocycles. The average Bonchev–Trinajstić information content (AvgIpc) is 2.28. The summed E-state index contributed by atoms with van der Waals surface area (Å²) in [6.45, 7) is 0.182. The molecule has 0 saturated carbocycles. The van der Waals surface area contributed by atoms with Gasteiger partial charge in [0.2, 0.25) is 0 Å². The lowest BCUT2D eigenvalue weighted by atomic mass is 10.2. The van der Waals surface area contributed by atoms with Crippen LogP contribution < -0.4 is 15.4 Å². The Balaban J connectivity index is 2.82. The van der Waals surface area contributed by atoms with Gasteiger partial charge in [0.25, 0.3) is 0 Å². The molecule has 0 radical (unpaired) electrons. The second-order valence-electron chi connectivity index (χ2n) is 3.64. The predicted molar refractivity (Wildman–Crippen MR) is 66.9 cm³/mol. The van der Waals surface area contributed by atoms with Crippen LogP contribution in [0.4, 0.5) is 5.69 Å². The zero-order chi connectivity index (χ0) is 13.0. The molecule has 0 fully saturated rings. The molecule has 1 rings (SSSR count). The quantitative estimate of drug-likeness (QED) is 0.830. The molecule has 0 heterocycles. The number of benzene rings is 1. The topological polar surface area (TPSA) is 75.8 Å². The number of hydrogen-bond acceptors (Lipinski definition) is 4. The highest BCUT2D eigenvalue weighted by molar-refractivity contribution is 6.33. The van der Waals surface area contributed by atoms with Gasteiger partial charge in [-0.1, -0.05) is 11.6 Å². The number of rotatable bonds is 5. The SMILES string of the molecule is COc1ccc(N(C)CC(N)C(=O)O)c(Cl)c1. The Morgan fingerprint density at radius 1 is 1.65 bits per heavy atom. The summed E-state index contributed by atoms with van der Waals surface area (Å²) >= 11 is 6.06. The summed E-state index contributed by atoms with van der Waals surface area (Å²) in [6.07, 6.45) is 0. The zero-order valence-corrected chi connectivity index (χ0v) is 10.4. The molecular weight excluding hydrogens is 244 g/mol. The molecule has 94 valence electrons. The number of likely N-dealkylation sites (N-methyl/N-ethyl adjacent to an activating group) is 1. The van der Waals surface area contributed by atoms with Gasteiger partial charge in [0.15, 0.2) is 0 Å². The van der Waals surface area contributed by atoms with Crippen molar-refractivity contribution in [1.29, 1.82) is 0 Å². The van der Waals surface area contributed by atoms with E-state index in [0.29, 0.717) is 16.5 Å². The van der Waals surface area contributed by atoms with E-state index in [2.05, 4.69) is 0 Å². The average molecular weight is 259 g/mol. The van der Waals surface area contributed by atoms with Crippen molar-refractivity contribution < 1.29 is 14.6 Å². The molecular formula is C11H15ClN2O3. The number of anilines is 1. The molecule has 0 amide bonds. The number of carboxylic acid groups (broad SMARTS) is 1. The monoisotopic (exact) mass is 258 g/mol. The molecule has 0 aliphatic rings. The van der Waals surface area contributed by atoms with Crippen LogP contribution in [-0.2, 0) is 4.79 Å². The number of methoxy groups -OCH3 is 1. The van der Waals surface area contributed by atoms with Crippen LogP contribution >= 0.6 is 11.6 Å². The van der Waals surface area contributed by atoms with E-state index in [-0.39, 0.29) is 6.54 Å². The van der Waals surface area contributed by atoms with E-state index in [9.17, 15) is 4.79 Å². The first kappa shape index (κ1) is 13.6. The number of carbonyl (C=O) groups is 1. The van der Waals surface area contributed by atoms with Gasteiger partial charge in [0, 0.05) is 19.7 Å². The number of carboxylic acids is 1. The minimum absolute atomic E-state index is 0.182.